The fraction of sp³-hybridized carbons (Fsp3) is 0. The number of thiophene rings is 1. The minimum atomic E-state index is 0.587. The summed E-state index contributed by atoms with van der Waals surface area (Å²) in [6, 6.07) is 60.8. The summed E-state index contributed by atoms with van der Waals surface area (Å²) in [7, 11) is 0. The lowest BCUT2D eigenvalue weighted by Gasteiger charge is -2.10. The van der Waals surface area contributed by atoms with Crippen LogP contribution < -0.4 is 0 Å². The minimum absolute atomic E-state index is 0.587. The molecule has 0 unspecified atom stereocenters. The molecule has 0 saturated carbocycles. The minimum Gasteiger partial charge on any atom is -0.455 e. The molecule has 8 aromatic carbocycles. The number of hydrogen-bond acceptors (Lipinski definition) is 6. The van der Waals surface area contributed by atoms with Crippen molar-refractivity contribution in [2.45, 2.75) is 0 Å². The zero-order valence-corrected chi connectivity index (χ0v) is 31.1. The van der Waals surface area contributed by atoms with Gasteiger partial charge in [-0.3, -0.25) is 0 Å². The standard InChI is InChI=1S/C51H29N3O2S/c1-3-13-30(14-4-1)49-52-50(31-15-5-2-6-16-31)54-51(53-49)32-25-26-36-39-20-11-19-34(46(39)56-44(36)29-32)33-27-41-37-18-8-10-24-45(37)57-48(41)42(28-33)40-22-12-21-38-35-17-7-9-23-43(35)55-47(38)40/h1-29H. The Bertz CT molecular complexity index is 3470. The zero-order valence-electron chi connectivity index (χ0n) is 30.3. The van der Waals surface area contributed by atoms with Crippen LogP contribution in [0.2, 0.25) is 0 Å². The first kappa shape index (κ1) is 31.9. The maximum atomic E-state index is 6.88. The number of para-hydroxylation sites is 3. The Morgan fingerprint density at radius 1 is 0.333 bits per heavy atom. The van der Waals surface area contributed by atoms with E-state index in [4.69, 9.17) is 23.8 Å². The van der Waals surface area contributed by atoms with Gasteiger partial charge in [0.05, 0.1) is 0 Å². The third-order valence-electron chi connectivity index (χ3n) is 10.9. The molecule has 0 N–H and O–H groups in total. The highest BCUT2D eigenvalue weighted by atomic mass is 32.1. The topological polar surface area (TPSA) is 65.0 Å². The molecule has 0 bridgehead atoms. The van der Waals surface area contributed by atoms with Gasteiger partial charge in [-0.05, 0) is 42.0 Å². The highest BCUT2D eigenvalue weighted by Crippen LogP contribution is 2.47. The van der Waals surface area contributed by atoms with Crippen molar-refractivity contribution in [3.05, 3.63) is 176 Å². The van der Waals surface area contributed by atoms with Crippen LogP contribution in [0.1, 0.15) is 0 Å². The van der Waals surface area contributed by atoms with E-state index in [1.165, 1.54) is 20.2 Å². The van der Waals surface area contributed by atoms with E-state index in [1.54, 1.807) is 0 Å². The second-order valence-corrected chi connectivity index (χ2v) is 15.4. The van der Waals surface area contributed by atoms with Gasteiger partial charge in [0.1, 0.15) is 22.3 Å². The summed E-state index contributed by atoms with van der Waals surface area (Å²) in [6.07, 6.45) is 0. The van der Waals surface area contributed by atoms with E-state index in [0.717, 1.165) is 82.8 Å². The molecule has 0 fully saturated rings. The Morgan fingerprint density at radius 3 is 1.63 bits per heavy atom. The summed E-state index contributed by atoms with van der Waals surface area (Å²) in [5.74, 6) is 1.83. The summed E-state index contributed by atoms with van der Waals surface area (Å²) >= 11 is 1.83. The molecule has 4 heterocycles. The van der Waals surface area contributed by atoms with E-state index in [1.807, 2.05) is 84.1 Å². The van der Waals surface area contributed by atoms with Crippen LogP contribution in [0.15, 0.2) is 185 Å². The molecular weight excluding hydrogens is 719 g/mol. The summed E-state index contributed by atoms with van der Waals surface area (Å²) in [5.41, 5.74) is 10.4. The van der Waals surface area contributed by atoms with Crippen LogP contribution in [0.4, 0.5) is 0 Å². The monoisotopic (exact) mass is 747 g/mol. The molecule has 12 aromatic rings. The highest BCUT2D eigenvalue weighted by Gasteiger charge is 2.21. The molecule has 0 amide bonds. The van der Waals surface area contributed by atoms with Crippen LogP contribution in [0.3, 0.4) is 0 Å². The van der Waals surface area contributed by atoms with Crippen LogP contribution in [0, 0.1) is 0 Å². The van der Waals surface area contributed by atoms with Crippen LogP contribution in [0.25, 0.3) is 120 Å². The number of hydrogen-bond donors (Lipinski definition) is 0. The molecule has 12 rings (SSSR count). The van der Waals surface area contributed by atoms with Gasteiger partial charge in [-0.2, -0.15) is 0 Å². The Hall–Kier alpha value is -7.41. The molecule has 5 nitrogen and oxygen atoms in total. The summed E-state index contributed by atoms with van der Waals surface area (Å²) in [6.45, 7) is 0. The van der Waals surface area contributed by atoms with Gasteiger partial charge in [-0.15, -0.1) is 11.3 Å². The summed E-state index contributed by atoms with van der Waals surface area (Å²) in [4.78, 5) is 14.8. The van der Waals surface area contributed by atoms with Crippen LogP contribution in [0.5, 0.6) is 0 Å². The van der Waals surface area contributed by atoms with Gasteiger partial charge < -0.3 is 8.83 Å². The van der Waals surface area contributed by atoms with E-state index in [9.17, 15) is 0 Å². The predicted octanol–water partition coefficient (Wildman–Crippen LogP) is 14.4. The van der Waals surface area contributed by atoms with Crippen molar-refractivity contribution < 1.29 is 8.83 Å². The van der Waals surface area contributed by atoms with Gasteiger partial charge in [-0.25, -0.2) is 15.0 Å². The van der Waals surface area contributed by atoms with Gasteiger partial charge in [0, 0.05) is 75.1 Å². The molecule has 0 aliphatic rings. The van der Waals surface area contributed by atoms with Crippen LogP contribution in [-0.4, -0.2) is 15.0 Å². The average Bonchev–Trinajstić information content (AvgIpc) is 3.98. The van der Waals surface area contributed by atoms with E-state index in [-0.39, 0.29) is 0 Å². The fourth-order valence-electron chi connectivity index (χ4n) is 8.24. The number of benzene rings is 8. The van der Waals surface area contributed by atoms with Gasteiger partial charge in [0.15, 0.2) is 17.5 Å². The SMILES string of the molecule is c1ccc(-c2nc(-c3ccccc3)nc(-c3ccc4c(c3)oc3c(-c5cc(-c6cccc7c6oc6ccccc67)c6sc7ccccc7c6c5)cccc34)n2)cc1. The Morgan fingerprint density at radius 2 is 0.895 bits per heavy atom. The van der Waals surface area contributed by atoms with Gasteiger partial charge in [0.2, 0.25) is 0 Å². The number of nitrogens with zero attached hydrogens (tertiary/aromatic N) is 3. The van der Waals surface area contributed by atoms with Crippen molar-refractivity contribution in [2.24, 2.45) is 0 Å². The zero-order chi connectivity index (χ0) is 37.5. The number of fused-ring (bicyclic) bond motifs is 9. The van der Waals surface area contributed by atoms with Gasteiger partial charge >= 0.3 is 0 Å². The van der Waals surface area contributed by atoms with Crippen LogP contribution >= 0.6 is 11.3 Å². The normalized spacial score (nSPS) is 11.9. The van der Waals surface area contributed by atoms with Crippen molar-refractivity contribution >= 4 is 75.4 Å². The molecule has 266 valence electrons. The second-order valence-electron chi connectivity index (χ2n) is 14.3. The molecule has 0 atom stereocenters. The first-order valence-corrected chi connectivity index (χ1v) is 19.7. The quantitative estimate of drug-likeness (QED) is 0.175. The Balaban J connectivity index is 1.06. The Kier molecular flexibility index (Phi) is 7.03. The molecule has 57 heavy (non-hydrogen) atoms. The Labute approximate surface area is 330 Å². The van der Waals surface area contributed by atoms with Crippen LogP contribution in [-0.2, 0) is 0 Å². The first-order chi connectivity index (χ1) is 28.2. The van der Waals surface area contributed by atoms with Gasteiger partial charge in [0.25, 0.3) is 0 Å². The molecule has 0 spiro atoms. The van der Waals surface area contributed by atoms with E-state index in [2.05, 4.69) is 103 Å². The van der Waals surface area contributed by atoms with E-state index in [0.29, 0.717) is 17.5 Å². The second kappa shape index (κ2) is 12.6. The predicted molar refractivity (Wildman–Crippen MR) is 234 cm³/mol. The summed E-state index contributed by atoms with van der Waals surface area (Å²) in [5, 5.41) is 6.77. The first-order valence-electron chi connectivity index (χ1n) is 18.9. The van der Waals surface area contributed by atoms with Crippen molar-refractivity contribution in [1.29, 1.82) is 0 Å². The van der Waals surface area contributed by atoms with Crippen molar-refractivity contribution in [1.82, 2.24) is 15.0 Å². The largest absolute Gasteiger partial charge is 0.455 e. The molecular formula is C51H29N3O2S. The molecule has 0 aliphatic carbocycles. The average molecular weight is 748 g/mol. The maximum absolute atomic E-state index is 6.88. The number of aromatic nitrogens is 3. The van der Waals surface area contributed by atoms with E-state index >= 15 is 0 Å². The van der Waals surface area contributed by atoms with Crippen molar-refractivity contribution in [2.75, 3.05) is 0 Å². The number of rotatable bonds is 5. The third kappa shape index (κ3) is 5.12. The smallest absolute Gasteiger partial charge is 0.164 e. The van der Waals surface area contributed by atoms with Crippen molar-refractivity contribution in [3.63, 3.8) is 0 Å². The maximum Gasteiger partial charge on any atom is 0.164 e. The lowest BCUT2D eigenvalue weighted by molar-refractivity contribution is 0.670. The molecule has 0 saturated heterocycles. The van der Waals surface area contributed by atoms with E-state index < -0.39 is 0 Å². The number of furan rings is 2. The summed E-state index contributed by atoms with van der Waals surface area (Å²) < 4.78 is 16.0. The lowest BCUT2D eigenvalue weighted by Crippen LogP contribution is -2.00. The fourth-order valence-corrected chi connectivity index (χ4v) is 9.46. The molecule has 6 heteroatoms. The molecule has 0 radical (unpaired) electrons. The molecule has 4 aromatic heterocycles. The highest BCUT2D eigenvalue weighted by molar-refractivity contribution is 7.26. The molecule has 0 aliphatic heterocycles. The van der Waals surface area contributed by atoms with Gasteiger partial charge in [-0.1, -0.05) is 140 Å². The lowest BCUT2D eigenvalue weighted by atomic mass is 9.94. The third-order valence-corrected chi connectivity index (χ3v) is 12.2. The van der Waals surface area contributed by atoms with Crippen molar-refractivity contribution in [3.8, 4) is 56.4 Å².